The van der Waals surface area contributed by atoms with Crippen molar-refractivity contribution < 1.29 is 0 Å². The molecule has 0 spiro atoms. The Morgan fingerprint density at radius 2 is 1.75 bits per heavy atom. The van der Waals surface area contributed by atoms with Gasteiger partial charge >= 0.3 is 0 Å². The topological polar surface area (TPSA) is 50.1 Å². The summed E-state index contributed by atoms with van der Waals surface area (Å²) in [7, 11) is 1.87. The third-order valence-corrected chi connectivity index (χ3v) is 1.54. The molecule has 1 rings (SSSR count). The maximum atomic E-state index is 5.30. The minimum Gasteiger partial charge on any atom is -0.388 e. The van der Waals surface area contributed by atoms with Gasteiger partial charge in [-0.3, -0.25) is 0 Å². The lowest BCUT2D eigenvalue weighted by Gasteiger charge is -2.04. The van der Waals surface area contributed by atoms with Gasteiger partial charge < -0.3 is 16.4 Å². The normalized spacial score (nSPS) is 9.08. The molecule has 0 heterocycles. The molecule has 0 amide bonds. The van der Waals surface area contributed by atoms with Crippen molar-refractivity contribution in [2.45, 2.75) is 0 Å². The minimum absolute atomic E-state index is 0.284. The second-order valence-corrected chi connectivity index (χ2v) is 2.76. The summed E-state index contributed by atoms with van der Waals surface area (Å²) in [5, 5.41) is 6.14. The molecule has 0 aliphatic carbocycles. The van der Waals surface area contributed by atoms with Crippen molar-refractivity contribution in [3.8, 4) is 0 Å². The monoisotopic (exact) mass is 181 g/mol. The van der Waals surface area contributed by atoms with Gasteiger partial charge in [0, 0.05) is 18.4 Å². The standard InChI is InChI=1S/C8H11N3S/c1-10-6-2-4-7(5-3-6)11-8(9)12/h2-5,10H,1H3,(H3,9,11,12). The molecule has 0 aliphatic heterocycles. The Hall–Kier alpha value is -1.29. The minimum atomic E-state index is 0.284. The molecule has 0 aromatic heterocycles. The third-order valence-electron chi connectivity index (χ3n) is 1.44. The maximum absolute atomic E-state index is 5.30. The van der Waals surface area contributed by atoms with Gasteiger partial charge in [0.05, 0.1) is 0 Å². The Morgan fingerprint density at radius 1 is 1.25 bits per heavy atom. The molecule has 64 valence electrons. The Kier molecular flexibility index (Phi) is 2.88. The fraction of sp³-hybridized carbons (Fsp3) is 0.125. The van der Waals surface area contributed by atoms with Gasteiger partial charge in [-0.1, -0.05) is 0 Å². The van der Waals surface area contributed by atoms with Gasteiger partial charge in [-0.25, -0.2) is 0 Å². The SMILES string of the molecule is CNc1ccc(NC(N)=S)cc1. The van der Waals surface area contributed by atoms with Crippen molar-refractivity contribution in [1.29, 1.82) is 0 Å². The summed E-state index contributed by atoms with van der Waals surface area (Å²) in [6.07, 6.45) is 0. The number of benzene rings is 1. The molecule has 0 atom stereocenters. The van der Waals surface area contributed by atoms with E-state index in [0.29, 0.717) is 0 Å². The van der Waals surface area contributed by atoms with Crippen LogP contribution in [0.2, 0.25) is 0 Å². The van der Waals surface area contributed by atoms with E-state index in [4.69, 9.17) is 5.73 Å². The first kappa shape index (κ1) is 8.80. The highest BCUT2D eigenvalue weighted by molar-refractivity contribution is 7.80. The molecule has 0 aliphatic rings. The van der Waals surface area contributed by atoms with Crippen molar-refractivity contribution >= 4 is 28.7 Å². The first-order valence-electron chi connectivity index (χ1n) is 3.56. The molecular weight excluding hydrogens is 170 g/mol. The molecule has 0 fully saturated rings. The summed E-state index contributed by atoms with van der Waals surface area (Å²) < 4.78 is 0. The van der Waals surface area contributed by atoms with Crippen LogP contribution >= 0.6 is 12.2 Å². The number of thiocarbonyl (C=S) groups is 1. The van der Waals surface area contributed by atoms with Crippen LogP contribution in [0.15, 0.2) is 24.3 Å². The zero-order valence-corrected chi connectivity index (χ0v) is 7.61. The molecule has 0 saturated heterocycles. The second kappa shape index (κ2) is 3.92. The van der Waals surface area contributed by atoms with Crippen LogP contribution in [0.5, 0.6) is 0 Å². The predicted molar refractivity (Wildman–Crippen MR) is 56.4 cm³/mol. The molecular formula is C8H11N3S. The van der Waals surface area contributed by atoms with Crippen LogP contribution in [0.4, 0.5) is 11.4 Å². The van der Waals surface area contributed by atoms with E-state index >= 15 is 0 Å². The number of nitrogens with one attached hydrogen (secondary N) is 2. The molecule has 3 nitrogen and oxygen atoms in total. The van der Waals surface area contributed by atoms with E-state index in [9.17, 15) is 0 Å². The molecule has 1 aromatic carbocycles. The maximum Gasteiger partial charge on any atom is 0.168 e. The predicted octanol–water partition coefficient (Wildman–Crippen LogP) is 1.38. The Morgan fingerprint density at radius 3 is 2.17 bits per heavy atom. The molecule has 0 radical (unpaired) electrons. The van der Waals surface area contributed by atoms with Crippen LogP contribution in [0, 0.1) is 0 Å². The fourth-order valence-electron chi connectivity index (χ4n) is 0.862. The highest BCUT2D eigenvalue weighted by Gasteiger charge is 1.92. The summed E-state index contributed by atoms with van der Waals surface area (Å²) in [6.45, 7) is 0. The molecule has 1 aromatic rings. The molecule has 0 saturated carbocycles. The first-order valence-corrected chi connectivity index (χ1v) is 3.97. The van der Waals surface area contributed by atoms with Crippen LogP contribution in [-0.4, -0.2) is 12.2 Å². The smallest absolute Gasteiger partial charge is 0.168 e. The number of hydrogen-bond acceptors (Lipinski definition) is 2. The lowest BCUT2D eigenvalue weighted by Crippen LogP contribution is -2.18. The van der Waals surface area contributed by atoms with Gasteiger partial charge in [-0.05, 0) is 36.5 Å². The third kappa shape index (κ3) is 2.39. The van der Waals surface area contributed by atoms with Crippen LogP contribution in [0.3, 0.4) is 0 Å². The lowest BCUT2D eigenvalue weighted by molar-refractivity contribution is 1.50. The number of rotatable bonds is 2. The molecule has 0 unspecified atom stereocenters. The van der Waals surface area contributed by atoms with Crippen LogP contribution in [0.25, 0.3) is 0 Å². The summed E-state index contributed by atoms with van der Waals surface area (Å²) >= 11 is 4.69. The summed E-state index contributed by atoms with van der Waals surface area (Å²) in [5.41, 5.74) is 7.26. The largest absolute Gasteiger partial charge is 0.388 e. The van der Waals surface area contributed by atoms with E-state index < -0.39 is 0 Å². The van der Waals surface area contributed by atoms with Crippen molar-refractivity contribution in [3.05, 3.63) is 24.3 Å². The highest BCUT2D eigenvalue weighted by Crippen LogP contribution is 2.12. The molecule has 4 N–H and O–H groups in total. The van der Waals surface area contributed by atoms with Crippen LogP contribution in [0.1, 0.15) is 0 Å². The van der Waals surface area contributed by atoms with Gasteiger partial charge in [0.2, 0.25) is 0 Å². The van der Waals surface area contributed by atoms with E-state index in [1.54, 1.807) is 0 Å². The van der Waals surface area contributed by atoms with E-state index in [2.05, 4.69) is 22.9 Å². The number of anilines is 2. The fourth-order valence-corrected chi connectivity index (χ4v) is 0.980. The molecule has 12 heavy (non-hydrogen) atoms. The molecule has 4 heteroatoms. The van der Waals surface area contributed by atoms with E-state index in [-0.39, 0.29) is 5.11 Å². The van der Waals surface area contributed by atoms with Gasteiger partial charge in [-0.15, -0.1) is 0 Å². The Bertz CT molecular complexity index is 268. The summed E-state index contributed by atoms with van der Waals surface area (Å²) in [4.78, 5) is 0. The van der Waals surface area contributed by atoms with Gasteiger partial charge in [0.25, 0.3) is 0 Å². The lowest BCUT2D eigenvalue weighted by atomic mass is 10.3. The zero-order valence-electron chi connectivity index (χ0n) is 6.79. The average Bonchev–Trinajstić information content (AvgIpc) is 2.05. The number of nitrogens with two attached hydrogens (primary N) is 1. The average molecular weight is 181 g/mol. The quantitative estimate of drug-likeness (QED) is 0.603. The second-order valence-electron chi connectivity index (χ2n) is 2.32. The Labute approximate surface area is 77.0 Å². The van der Waals surface area contributed by atoms with Gasteiger partial charge in [0.1, 0.15) is 0 Å². The van der Waals surface area contributed by atoms with E-state index in [0.717, 1.165) is 11.4 Å². The van der Waals surface area contributed by atoms with Gasteiger partial charge in [0.15, 0.2) is 5.11 Å². The van der Waals surface area contributed by atoms with Crippen LogP contribution in [-0.2, 0) is 0 Å². The summed E-state index contributed by atoms with van der Waals surface area (Å²) in [6, 6.07) is 7.71. The van der Waals surface area contributed by atoms with Crippen molar-refractivity contribution in [2.24, 2.45) is 5.73 Å². The van der Waals surface area contributed by atoms with Crippen LogP contribution < -0.4 is 16.4 Å². The zero-order chi connectivity index (χ0) is 8.97. The van der Waals surface area contributed by atoms with Crippen molar-refractivity contribution in [1.82, 2.24) is 0 Å². The van der Waals surface area contributed by atoms with E-state index in [1.165, 1.54) is 0 Å². The molecule has 0 bridgehead atoms. The van der Waals surface area contributed by atoms with Crippen molar-refractivity contribution in [2.75, 3.05) is 17.7 Å². The number of hydrogen-bond donors (Lipinski definition) is 3. The first-order chi connectivity index (χ1) is 5.72. The highest BCUT2D eigenvalue weighted by atomic mass is 32.1. The van der Waals surface area contributed by atoms with E-state index in [1.807, 2.05) is 31.3 Å². The van der Waals surface area contributed by atoms with Gasteiger partial charge in [-0.2, -0.15) is 0 Å². The van der Waals surface area contributed by atoms with Crippen molar-refractivity contribution in [3.63, 3.8) is 0 Å². The summed E-state index contributed by atoms with van der Waals surface area (Å²) in [5.74, 6) is 0. The Balaban J connectivity index is 2.71.